The minimum absolute atomic E-state index is 0.154. The van der Waals surface area contributed by atoms with Crippen LogP contribution in [0, 0.1) is 5.41 Å². The molecule has 8 nitrogen and oxygen atoms in total. The third kappa shape index (κ3) is 4.33. The molecule has 0 saturated heterocycles. The van der Waals surface area contributed by atoms with Crippen LogP contribution in [0.2, 0.25) is 0 Å². The van der Waals surface area contributed by atoms with Crippen LogP contribution in [0.15, 0.2) is 54.6 Å². The predicted molar refractivity (Wildman–Crippen MR) is 116 cm³/mol. The third-order valence-electron chi connectivity index (χ3n) is 5.60. The Bertz CT molecular complexity index is 1180. The second kappa shape index (κ2) is 7.82. The van der Waals surface area contributed by atoms with Crippen molar-refractivity contribution in [2.75, 3.05) is 5.88 Å². The van der Waals surface area contributed by atoms with Crippen molar-refractivity contribution >= 4 is 27.6 Å². The second-order valence-electron chi connectivity index (χ2n) is 7.84. The molecule has 0 unspecified atom stereocenters. The van der Waals surface area contributed by atoms with Crippen molar-refractivity contribution in [3.63, 3.8) is 0 Å². The van der Waals surface area contributed by atoms with Crippen LogP contribution >= 0.6 is 0 Å². The highest BCUT2D eigenvalue weighted by Gasteiger charge is 2.38. The number of guanidine groups is 1. The van der Waals surface area contributed by atoms with E-state index in [9.17, 15) is 13.2 Å². The highest BCUT2D eigenvalue weighted by molar-refractivity contribution is 7.85. The summed E-state index contributed by atoms with van der Waals surface area (Å²) in [6.07, 6.45) is 6.10. The van der Waals surface area contributed by atoms with Crippen molar-refractivity contribution in [2.45, 2.75) is 31.3 Å². The van der Waals surface area contributed by atoms with Gasteiger partial charge in [-0.3, -0.25) is 19.7 Å². The van der Waals surface area contributed by atoms with Gasteiger partial charge in [0.15, 0.2) is 11.8 Å². The average molecular weight is 442 g/mol. The van der Waals surface area contributed by atoms with E-state index in [0.29, 0.717) is 4.90 Å². The van der Waals surface area contributed by atoms with Gasteiger partial charge in [-0.2, -0.15) is 8.42 Å². The lowest BCUT2D eigenvalue weighted by molar-refractivity contribution is 0.0859. The molecule has 0 aromatic heterocycles. The number of amides is 1. The van der Waals surface area contributed by atoms with Crippen LogP contribution < -0.4 is 10.5 Å². The van der Waals surface area contributed by atoms with Gasteiger partial charge in [-0.1, -0.05) is 30.3 Å². The zero-order valence-corrected chi connectivity index (χ0v) is 17.6. The van der Waals surface area contributed by atoms with E-state index in [-0.39, 0.29) is 11.2 Å². The molecule has 1 heterocycles. The minimum atomic E-state index is -4.55. The number of fused-ring (bicyclic) bond motifs is 1. The Labute approximate surface area is 180 Å². The number of ether oxygens (including phenoxy) is 1. The van der Waals surface area contributed by atoms with E-state index >= 15 is 0 Å². The van der Waals surface area contributed by atoms with Crippen molar-refractivity contribution in [2.24, 2.45) is 5.73 Å². The number of hydrogen-bond donors (Lipinski definition) is 3. The first-order chi connectivity index (χ1) is 14.7. The zero-order valence-electron chi connectivity index (χ0n) is 16.7. The summed E-state index contributed by atoms with van der Waals surface area (Å²) in [7, 11) is -4.55. The molecular formula is C22H23N3O5S. The molecule has 4 rings (SSSR count). The lowest BCUT2D eigenvalue weighted by atomic mass is 9.87. The van der Waals surface area contributed by atoms with Crippen molar-refractivity contribution in [1.82, 2.24) is 4.90 Å². The number of hydrogen-bond acceptors (Lipinski definition) is 5. The second-order valence-corrected chi connectivity index (χ2v) is 9.26. The molecule has 1 spiro atoms. The maximum absolute atomic E-state index is 12.9. The summed E-state index contributed by atoms with van der Waals surface area (Å²) in [6, 6.07) is 14.4. The van der Waals surface area contributed by atoms with Gasteiger partial charge >= 0.3 is 0 Å². The van der Waals surface area contributed by atoms with Crippen LogP contribution in [0.4, 0.5) is 0 Å². The van der Waals surface area contributed by atoms with Gasteiger partial charge in [0.2, 0.25) is 0 Å². The van der Waals surface area contributed by atoms with Crippen molar-refractivity contribution in [3.05, 3.63) is 71.3 Å². The number of rotatable bonds is 4. The van der Waals surface area contributed by atoms with Crippen LogP contribution in [0.1, 0.15) is 47.2 Å². The molecular weight excluding hydrogens is 418 g/mol. The Morgan fingerprint density at radius 3 is 2.55 bits per heavy atom. The Morgan fingerprint density at radius 1 is 1.16 bits per heavy atom. The normalized spacial score (nSPS) is 16.9. The topological polar surface area (TPSA) is 134 Å². The molecule has 1 aliphatic heterocycles. The molecule has 0 bridgehead atoms. The Kier molecular flexibility index (Phi) is 5.32. The van der Waals surface area contributed by atoms with E-state index in [0.717, 1.165) is 48.1 Å². The van der Waals surface area contributed by atoms with E-state index in [1.807, 2.05) is 30.3 Å². The smallest absolute Gasteiger partial charge is 0.283 e. The van der Waals surface area contributed by atoms with E-state index in [4.69, 9.17) is 20.4 Å². The van der Waals surface area contributed by atoms with Gasteiger partial charge in [0, 0.05) is 11.1 Å². The van der Waals surface area contributed by atoms with E-state index < -0.39 is 27.9 Å². The first-order valence-corrected chi connectivity index (χ1v) is 11.5. The van der Waals surface area contributed by atoms with Crippen molar-refractivity contribution < 1.29 is 22.5 Å². The number of carbonyl (C=O) groups is 1. The summed E-state index contributed by atoms with van der Waals surface area (Å²) in [5.41, 5.74) is 7.78. The molecule has 162 valence electrons. The van der Waals surface area contributed by atoms with Crippen LogP contribution in [-0.2, 0) is 10.1 Å². The van der Waals surface area contributed by atoms with Gasteiger partial charge in [-0.05, 0) is 61.1 Å². The summed E-state index contributed by atoms with van der Waals surface area (Å²) < 4.78 is 38.0. The molecule has 2 aliphatic rings. The summed E-state index contributed by atoms with van der Waals surface area (Å²) in [5, 5.41) is 7.55. The highest BCUT2D eigenvalue weighted by Crippen LogP contribution is 2.45. The molecule has 0 radical (unpaired) electrons. The average Bonchev–Trinajstić information content (AvgIpc) is 3.17. The predicted octanol–water partition coefficient (Wildman–Crippen LogP) is 3.00. The molecule has 1 amide bonds. The van der Waals surface area contributed by atoms with Gasteiger partial charge in [0.25, 0.3) is 16.0 Å². The maximum Gasteiger partial charge on any atom is 0.283 e. The molecule has 1 fully saturated rings. The number of nitrogens with zero attached hydrogens (tertiary/aromatic N) is 1. The SMILES string of the molecule is N=C(N)N(CS(=O)(=O)O)C(=O)c1cccc(C2=CC3(CCCC3)Oc3ccccc32)c1. The quantitative estimate of drug-likeness (QED) is 0.379. The molecule has 4 N–H and O–H groups in total. The Balaban J connectivity index is 1.76. The molecule has 2 aromatic rings. The molecule has 2 aromatic carbocycles. The largest absolute Gasteiger partial charge is 0.483 e. The number of nitrogens with one attached hydrogen (secondary N) is 1. The van der Waals surface area contributed by atoms with Gasteiger partial charge in [0.05, 0.1) is 0 Å². The van der Waals surface area contributed by atoms with Gasteiger partial charge in [-0.15, -0.1) is 0 Å². The fourth-order valence-electron chi connectivity index (χ4n) is 4.20. The van der Waals surface area contributed by atoms with Crippen molar-refractivity contribution in [1.29, 1.82) is 5.41 Å². The first-order valence-electron chi connectivity index (χ1n) is 9.90. The molecule has 0 atom stereocenters. The van der Waals surface area contributed by atoms with Crippen LogP contribution in [0.3, 0.4) is 0 Å². The van der Waals surface area contributed by atoms with Crippen LogP contribution in [-0.4, -0.2) is 41.2 Å². The third-order valence-corrected chi connectivity index (χ3v) is 6.18. The van der Waals surface area contributed by atoms with E-state index in [1.54, 1.807) is 12.1 Å². The highest BCUT2D eigenvalue weighted by atomic mass is 32.2. The molecule has 1 saturated carbocycles. The van der Waals surface area contributed by atoms with Gasteiger partial charge in [-0.25, -0.2) is 0 Å². The van der Waals surface area contributed by atoms with Crippen LogP contribution in [0.5, 0.6) is 5.75 Å². The number of para-hydroxylation sites is 1. The Morgan fingerprint density at radius 2 is 1.87 bits per heavy atom. The monoisotopic (exact) mass is 441 g/mol. The van der Waals surface area contributed by atoms with Crippen molar-refractivity contribution in [3.8, 4) is 5.75 Å². The summed E-state index contributed by atoms with van der Waals surface area (Å²) >= 11 is 0. The van der Waals surface area contributed by atoms with Gasteiger partial charge in [0.1, 0.15) is 11.4 Å². The zero-order chi connectivity index (χ0) is 22.2. The minimum Gasteiger partial charge on any atom is -0.483 e. The fourth-order valence-corrected chi connectivity index (χ4v) is 4.79. The number of nitrogens with two attached hydrogens (primary N) is 1. The lowest BCUT2D eigenvalue weighted by Crippen LogP contribution is -2.44. The summed E-state index contributed by atoms with van der Waals surface area (Å²) in [6.45, 7) is 0. The molecule has 9 heteroatoms. The fraction of sp³-hybridized carbons (Fsp3) is 0.273. The number of carbonyl (C=O) groups excluding carboxylic acids is 1. The molecule has 1 aliphatic carbocycles. The summed E-state index contributed by atoms with van der Waals surface area (Å²) in [4.78, 5) is 13.4. The summed E-state index contributed by atoms with van der Waals surface area (Å²) in [5.74, 6) is -1.86. The van der Waals surface area contributed by atoms with Gasteiger partial charge < -0.3 is 10.5 Å². The lowest BCUT2D eigenvalue weighted by Gasteiger charge is -2.34. The maximum atomic E-state index is 12.9. The standard InChI is InChI=1S/C22H23N3O5S/c23-21(24)25(14-31(27,28)29)20(26)16-7-5-6-15(12-16)18-13-22(10-3-4-11-22)30-19-9-2-1-8-17(18)19/h1-2,5-9,12-13H,3-4,10-11,14H2,(H3,23,24)(H,27,28,29). The van der Waals surface area contributed by atoms with E-state index in [1.165, 1.54) is 6.07 Å². The Hall–Kier alpha value is -3.17. The van der Waals surface area contributed by atoms with E-state index in [2.05, 4.69) is 6.08 Å². The van der Waals surface area contributed by atoms with Crippen LogP contribution in [0.25, 0.3) is 5.57 Å². The molecule has 31 heavy (non-hydrogen) atoms. The number of benzene rings is 2. The first kappa shape index (κ1) is 21.1.